The first-order chi connectivity index (χ1) is 8.65. The van der Waals surface area contributed by atoms with Gasteiger partial charge in [0, 0.05) is 15.6 Å². The highest BCUT2D eigenvalue weighted by Crippen LogP contribution is 2.20. The van der Waals surface area contributed by atoms with Gasteiger partial charge in [0.15, 0.2) is 5.11 Å². The second-order valence-electron chi connectivity index (χ2n) is 3.85. The van der Waals surface area contributed by atoms with Crippen LogP contribution >= 0.6 is 35.2 Å². The predicted molar refractivity (Wildman–Crippen MR) is 83.6 cm³/mol. The maximum absolute atomic E-state index is 5.96. The number of nitrogens with one attached hydrogen (secondary N) is 2. The van der Waals surface area contributed by atoms with Gasteiger partial charge in [-0.05, 0) is 48.3 Å². The summed E-state index contributed by atoms with van der Waals surface area (Å²) < 4.78 is 0. The van der Waals surface area contributed by atoms with Gasteiger partial charge in [0.1, 0.15) is 0 Å². The first-order valence-electron chi connectivity index (χ1n) is 5.48. The summed E-state index contributed by atoms with van der Waals surface area (Å²) >= 11 is 12.9. The van der Waals surface area contributed by atoms with Crippen LogP contribution in [0, 0.1) is 6.92 Å². The molecule has 0 fully saturated rings. The lowest BCUT2D eigenvalue weighted by molar-refractivity contribution is 0.946. The van der Waals surface area contributed by atoms with Gasteiger partial charge in [-0.2, -0.15) is 0 Å². The minimum absolute atomic E-state index is 0.605. The zero-order valence-electron chi connectivity index (χ0n) is 9.87. The highest BCUT2D eigenvalue weighted by atomic mass is 35.5. The van der Waals surface area contributed by atoms with E-state index >= 15 is 0 Å². The van der Waals surface area contributed by atoms with Gasteiger partial charge in [0.25, 0.3) is 0 Å². The molecule has 0 spiro atoms. The molecule has 2 nitrogen and oxygen atoms in total. The number of thiophene rings is 1. The van der Waals surface area contributed by atoms with Crippen molar-refractivity contribution in [1.29, 1.82) is 0 Å². The molecule has 0 aliphatic rings. The molecule has 18 heavy (non-hydrogen) atoms. The molecule has 0 aliphatic heterocycles. The lowest BCUT2D eigenvalue weighted by atomic mass is 10.2. The Morgan fingerprint density at radius 3 is 2.94 bits per heavy atom. The fraction of sp³-hybridized carbons (Fsp3) is 0.154. The molecule has 1 heterocycles. The quantitative estimate of drug-likeness (QED) is 0.830. The molecule has 0 aliphatic carbocycles. The van der Waals surface area contributed by atoms with Gasteiger partial charge in [-0.3, -0.25) is 0 Å². The van der Waals surface area contributed by atoms with Crippen LogP contribution in [0.15, 0.2) is 35.7 Å². The molecular weight excluding hydrogens is 284 g/mol. The van der Waals surface area contributed by atoms with E-state index < -0.39 is 0 Å². The van der Waals surface area contributed by atoms with E-state index in [1.54, 1.807) is 11.3 Å². The van der Waals surface area contributed by atoms with Crippen LogP contribution in [-0.2, 0) is 6.54 Å². The van der Waals surface area contributed by atoms with E-state index in [-0.39, 0.29) is 0 Å². The summed E-state index contributed by atoms with van der Waals surface area (Å²) in [5, 5.41) is 9.68. The average Bonchev–Trinajstić information content (AvgIpc) is 2.84. The number of halogens is 1. The second-order valence-corrected chi connectivity index (χ2v) is 5.72. The summed E-state index contributed by atoms with van der Waals surface area (Å²) in [6.45, 7) is 2.75. The molecule has 0 saturated heterocycles. The van der Waals surface area contributed by atoms with Crippen LogP contribution < -0.4 is 10.6 Å². The number of aryl methyl sites for hydroxylation is 1. The molecule has 2 aromatic rings. The Balaban J connectivity index is 1.92. The molecule has 0 amide bonds. The summed E-state index contributed by atoms with van der Waals surface area (Å²) in [7, 11) is 0. The smallest absolute Gasteiger partial charge is 0.171 e. The van der Waals surface area contributed by atoms with Crippen LogP contribution in [0.25, 0.3) is 0 Å². The summed E-state index contributed by atoms with van der Waals surface area (Å²) in [6, 6.07) is 9.80. The molecular formula is C13H13ClN2S2. The average molecular weight is 297 g/mol. The predicted octanol–water partition coefficient (Wildman–Crippen LogP) is 4.20. The Hall–Kier alpha value is -1.10. The van der Waals surface area contributed by atoms with Gasteiger partial charge in [-0.25, -0.2) is 0 Å². The van der Waals surface area contributed by atoms with E-state index in [1.165, 1.54) is 4.88 Å². The minimum atomic E-state index is 0.605. The lowest BCUT2D eigenvalue weighted by Crippen LogP contribution is -2.27. The summed E-state index contributed by atoms with van der Waals surface area (Å²) in [5.74, 6) is 0. The highest BCUT2D eigenvalue weighted by Gasteiger charge is 2.02. The van der Waals surface area contributed by atoms with Crippen LogP contribution in [0.2, 0.25) is 5.02 Å². The van der Waals surface area contributed by atoms with Gasteiger partial charge in [0.2, 0.25) is 0 Å². The van der Waals surface area contributed by atoms with Crippen molar-refractivity contribution in [2.45, 2.75) is 13.5 Å². The zero-order chi connectivity index (χ0) is 13.0. The maximum Gasteiger partial charge on any atom is 0.171 e. The molecule has 2 N–H and O–H groups in total. The van der Waals surface area contributed by atoms with E-state index in [9.17, 15) is 0 Å². The Labute approximate surface area is 121 Å². The molecule has 0 bridgehead atoms. The normalized spacial score (nSPS) is 10.1. The van der Waals surface area contributed by atoms with Crippen LogP contribution in [-0.4, -0.2) is 5.11 Å². The Morgan fingerprint density at radius 1 is 1.39 bits per heavy atom. The molecule has 0 atom stereocenters. The first-order valence-corrected chi connectivity index (χ1v) is 7.15. The molecule has 0 saturated carbocycles. The number of hydrogen-bond acceptors (Lipinski definition) is 2. The first kappa shape index (κ1) is 13.3. The fourth-order valence-corrected chi connectivity index (χ4v) is 2.47. The summed E-state index contributed by atoms with van der Waals surface area (Å²) in [6.07, 6.45) is 0. The van der Waals surface area contributed by atoms with Gasteiger partial charge < -0.3 is 10.6 Å². The molecule has 0 radical (unpaired) electrons. The van der Waals surface area contributed by atoms with Gasteiger partial charge in [-0.15, -0.1) is 11.3 Å². The molecule has 5 heteroatoms. The number of benzene rings is 1. The summed E-state index contributed by atoms with van der Waals surface area (Å²) in [4.78, 5) is 1.25. The van der Waals surface area contributed by atoms with Crippen molar-refractivity contribution in [2.24, 2.45) is 0 Å². The van der Waals surface area contributed by atoms with Crippen molar-refractivity contribution in [2.75, 3.05) is 5.32 Å². The third-order valence-electron chi connectivity index (χ3n) is 2.45. The maximum atomic E-state index is 5.96. The lowest BCUT2D eigenvalue weighted by Gasteiger charge is -2.12. The third kappa shape index (κ3) is 3.70. The number of hydrogen-bond donors (Lipinski definition) is 2. The van der Waals surface area contributed by atoms with E-state index in [0.29, 0.717) is 10.1 Å². The van der Waals surface area contributed by atoms with Crippen LogP contribution in [0.5, 0.6) is 0 Å². The van der Waals surface area contributed by atoms with E-state index in [0.717, 1.165) is 17.8 Å². The standard InChI is InChI=1S/C13H13ClN2S2/c1-9-4-5-10(14)7-12(9)16-13(17)15-8-11-3-2-6-18-11/h2-7H,8H2,1H3,(H2,15,16,17). The van der Waals surface area contributed by atoms with Crippen molar-refractivity contribution < 1.29 is 0 Å². The molecule has 2 rings (SSSR count). The van der Waals surface area contributed by atoms with E-state index in [2.05, 4.69) is 22.1 Å². The van der Waals surface area contributed by atoms with Crippen LogP contribution in [0.4, 0.5) is 5.69 Å². The Kier molecular flexibility index (Phi) is 4.58. The largest absolute Gasteiger partial charge is 0.358 e. The van der Waals surface area contributed by atoms with Crippen molar-refractivity contribution >= 4 is 46.0 Å². The van der Waals surface area contributed by atoms with Crippen molar-refractivity contribution in [3.8, 4) is 0 Å². The molecule has 94 valence electrons. The van der Waals surface area contributed by atoms with Crippen molar-refractivity contribution in [3.63, 3.8) is 0 Å². The van der Waals surface area contributed by atoms with Gasteiger partial charge >= 0.3 is 0 Å². The SMILES string of the molecule is Cc1ccc(Cl)cc1NC(=S)NCc1cccs1. The number of thiocarbonyl (C=S) groups is 1. The topological polar surface area (TPSA) is 24.1 Å². The fourth-order valence-electron chi connectivity index (χ4n) is 1.48. The van der Waals surface area contributed by atoms with Gasteiger partial charge in [-0.1, -0.05) is 23.7 Å². The number of anilines is 1. The van der Waals surface area contributed by atoms with Gasteiger partial charge in [0.05, 0.1) is 6.54 Å². The summed E-state index contributed by atoms with van der Waals surface area (Å²) in [5.41, 5.74) is 2.05. The van der Waals surface area contributed by atoms with Crippen molar-refractivity contribution in [3.05, 3.63) is 51.2 Å². The van der Waals surface area contributed by atoms with E-state index in [1.807, 2.05) is 31.2 Å². The third-order valence-corrected chi connectivity index (χ3v) is 3.81. The molecule has 1 aromatic heterocycles. The molecule has 1 aromatic carbocycles. The molecule has 0 unspecified atom stereocenters. The minimum Gasteiger partial charge on any atom is -0.358 e. The van der Waals surface area contributed by atoms with Crippen molar-refractivity contribution in [1.82, 2.24) is 5.32 Å². The van der Waals surface area contributed by atoms with E-state index in [4.69, 9.17) is 23.8 Å². The zero-order valence-corrected chi connectivity index (χ0v) is 12.3. The number of rotatable bonds is 3. The van der Waals surface area contributed by atoms with Crippen LogP contribution in [0.1, 0.15) is 10.4 Å². The highest BCUT2D eigenvalue weighted by molar-refractivity contribution is 7.80. The monoisotopic (exact) mass is 296 g/mol. The Bertz CT molecular complexity index is 538. The second kappa shape index (κ2) is 6.18. The Morgan fingerprint density at radius 2 is 2.22 bits per heavy atom. The van der Waals surface area contributed by atoms with Crippen LogP contribution in [0.3, 0.4) is 0 Å².